The van der Waals surface area contributed by atoms with Crippen LogP contribution in [0.15, 0.2) is 56.9 Å². The predicted octanol–water partition coefficient (Wildman–Crippen LogP) is 6.23. The number of unbranched alkanes of at least 4 members (excludes halogenated alkanes) is 1. The summed E-state index contributed by atoms with van der Waals surface area (Å²) in [4.78, 5) is 20.6. The number of hydrogen-bond acceptors (Lipinski definition) is 7. The number of carbonyl (C=O) groups is 1. The predicted molar refractivity (Wildman–Crippen MR) is 163 cm³/mol. The summed E-state index contributed by atoms with van der Waals surface area (Å²) in [6.45, 7) is 9.28. The third kappa shape index (κ3) is 5.62. The molecule has 0 radical (unpaired) electrons. The Morgan fingerprint density at radius 3 is 2.45 bits per heavy atom. The van der Waals surface area contributed by atoms with Crippen LogP contribution in [0.3, 0.4) is 0 Å². The van der Waals surface area contributed by atoms with Crippen LogP contribution in [0, 0.1) is 13.8 Å². The lowest BCUT2D eigenvalue weighted by Gasteiger charge is -2.26. The van der Waals surface area contributed by atoms with Gasteiger partial charge in [0.25, 0.3) is 15.9 Å². The molecule has 9 nitrogen and oxygen atoms in total. The van der Waals surface area contributed by atoms with Crippen molar-refractivity contribution in [3.63, 3.8) is 0 Å². The fourth-order valence-electron chi connectivity index (χ4n) is 5.93. The molecule has 0 bridgehead atoms. The second kappa shape index (κ2) is 11.3. The Morgan fingerprint density at radius 2 is 1.81 bits per heavy atom. The summed E-state index contributed by atoms with van der Waals surface area (Å²) in [6, 6.07) is 12.3. The van der Waals surface area contributed by atoms with E-state index in [0.717, 1.165) is 56.3 Å². The molecule has 10 heteroatoms. The van der Waals surface area contributed by atoms with E-state index in [2.05, 4.69) is 16.8 Å². The maximum Gasteiger partial charge on any atom is 0.263 e. The van der Waals surface area contributed by atoms with E-state index < -0.39 is 21.2 Å². The second-order valence-corrected chi connectivity index (χ2v) is 13.7. The number of anilines is 1. The molecule has 1 fully saturated rings. The van der Waals surface area contributed by atoms with E-state index >= 15 is 0 Å². The van der Waals surface area contributed by atoms with Crippen molar-refractivity contribution < 1.29 is 22.8 Å². The summed E-state index contributed by atoms with van der Waals surface area (Å²) in [6.07, 6.45) is 6.32. The van der Waals surface area contributed by atoms with Gasteiger partial charge in [-0.3, -0.25) is 19.4 Å². The van der Waals surface area contributed by atoms with Gasteiger partial charge in [0.1, 0.15) is 17.1 Å². The average Bonchev–Trinajstić information content (AvgIpc) is 3.62. The lowest BCUT2D eigenvalue weighted by Crippen LogP contribution is -2.40. The second-order valence-electron chi connectivity index (χ2n) is 12.0. The number of nitrogens with one attached hydrogen (secondary N) is 1. The van der Waals surface area contributed by atoms with Crippen LogP contribution in [0.25, 0.3) is 11.1 Å². The van der Waals surface area contributed by atoms with Crippen LogP contribution in [0.5, 0.6) is 0 Å². The van der Waals surface area contributed by atoms with Gasteiger partial charge < -0.3 is 9.63 Å². The number of amidine groups is 1. The third-order valence-electron chi connectivity index (χ3n) is 8.42. The van der Waals surface area contributed by atoms with Crippen LogP contribution in [0.4, 0.5) is 5.82 Å². The smallest absolute Gasteiger partial charge is 0.263 e. The van der Waals surface area contributed by atoms with Gasteiger partial charge in [0.05, 0.1) is 17.0 Å². The van der Waals surface area contributed by atoms with E-state index in [-0.39, 0.29) is 16.6 Å². The first-order chi connectivity index (χ1) is 19.9. The molecule has 1 aliphatic heterocycles. The van der Waals surface area contributed by atoms with Crippen molar-refractivity contribution in [1.29, 1.82) is 0 Å². The highest BCUT2D eigenvalue weighted by Gasteiger charge is 2.49. The monoisotopic (exact) mass is 592 g/mol. The zero-order valence-corrected chi connectivity index (χ0v) is 25.8. The summed E-state index contributed by atoms with van der Waals surface area (Å²) in [5.74, 6) is 1.58. The lowest BCUT2D eigenvalue weighted by molar-refractivity contribution is -0.131. The molecule has 1 amide bonds. The molecule has 2 aromatic carbocycles. The Kier molecular flexibility index (Phi) is 8.06. The summed E-state index contributed by atoms with van der Waals surface area (Å²) >= 11 is 0. The van der Waals surface area contributed by atoms with Gasteiger partial charge in [-0.2, -0.15) is 0 Å². The number of sulfonamides is 1. The number of aromatic nitrogens is 1. The maximum absolute atomic E-state index is 13.7. The Balaban J connectivity index is 1.52. The molecule has 5 rings (SSSR count). The molecule has 0 unspecified atom stereocenters. The lowest BCUT2D eigenvalue weighted by atomic mass is 9.88. The summed E-state index contributed by atoms with van der Waals surface area (Å²) in [5, 5.41) is 15.1. The van der Waals surface area contributed by atoms with Gasteiger partial charge in [0.15, 0.2) is 5.82 Å². The zero-order valence-electron chi connectivity index (χ0n) is 25.0. The van der Waals surface area contributed by atoms with E-state index in [1.807, 2.05) is 23.1 Å². The van der Waals surface area contributed by atoms with Gasteiger partial charge in [-0.25, -0.2) is 8.42 Å². The Hall–Kier alpha value is -3.50. The first kappa shape index (κ1) is 30.0. The number of hydrogen-bond donors (Lipinski definition) is 2. The normalized spacial score (nSPS) is 16.9. The van der Waals surface area contributed by atoms with Gasteiger partial charge >= 0.3 is 0 Å². The number of carbonyl (C=O) groups excluding carboxylic acids is 1. The standard InChI is InChI=1S/C32H40N4O5S/c1-6-7-14-28-33-32(17-10-11-18-32)30(37)36(28)20-23-15-16-24(26(19-23)31(4,5)38)25-12-8-9-13-27(25)42(39,40)35-29-21(2)22(3)41-34-29/h8-9,12-13,15-16,19,38H,6-7,10-11,14,17-18,20H2,1-5H3,(H,34,35). The number of aliphatic imine (C=N–C) groups is 1. The number of aryl methyl sites for hydroxylation is 1. The molecule has 1 saturated carbocycles. The molecule has 2 aliphatic rings. The minimum Gasteiger partial charge on any atom is -0.386 e. The molecule has 1 spiro atoms. The van der Waals surface area contributed by atoms with Crippen molar-refractivity contribution in [2.75, 3.05) is 4.72 Å². The fraction of sp³-hybridized carbons (Fsp3) is 0.469. The largest absolute Gasteiger partial charge is 0.386 e. The highest BCUT2D eigenvalue weighted by molar-refractivity contribution is 7.92. The topological polar surface area (TPSA) is 125 Å². The molecule has 1 aliphatic carbocycles. The Labute approximate surface area is 248 Å². The molecule has 0 atom stereocenters. The van der Waals surface area contributed by atoms with Crippen molar-refractivity contribution in [3.8, 4) is 11.1 Å². The number of benzene rings is 2. The van der Waals surface area contributed by atoms with Crippen molar-refractivity contribution in [2.24, 2.45) is 4.99 Å². The average molecular weight is 593 g/mol. The van der Waals surface area contributed by atoms with E-state index in [1.165, 1.54) is 6.07 Å². The molecule has 2 N–H and O–H groups in total. The van der Waals surface area contributed by atoms with Crippen LogP contribution in [-0.2, 0) is 27.0 Å². The Bertz CT molecular complexity index is 1630. The van der Waals surface area contributed by atoms with E-state index in [0.29, 0.717) is 34.6 Å². The summed E-state index contributed by atoms with van der Waals surface area (Å²) < 4.78 is 34.9. The molecule has 42 heavy (non-hydrogen) atoms. The van der Waals surface area contributed by atoms with E-state index in [1.54, 1.807) is 45.9 Å². The molecular weight excluding hydrogens is 552 g/mol. The van der Waals surface area contributed by atoms with Gasteiger partial charge in [0, 0.05) is 17.5 Å². The van der Waals surface area contributed by atoms with Crippen LogP contribution in [0.2, 0.25) is 0 Å². The highest BCUT2D eigenvalue weighted by Crippen LogP contribution is 2.41. The molecular formula is C32H40N4O5S. The minimum absolute atomic E-state index is 0.0511. The number of aliphatic hydroxyl groups is 1. The maximum atomic E-state index is 13.7. The molecule has 2 heterocycles. The molecule has 0 saturated heterocycles. The quantitative estimate of drug-likeness (QED) is 0.288. The first-order valence-electron chi connectivity index (χ1n) is 14.7. The van der Waals surface area contributed by atoms with Gasteiger partial charge in [0.2, 0.25) is 0 Å². The van der Waals surface area contributed by atoms with Crippen molar-refractivity contribution in [1.82, 2.24) is 10.1 Å². The van der Waals surface area contributed by atoms with Crippen molar-refractivity contribution in [2.45, 2.75) is 102 Å². The van der Waals surface area contributed by atoms with E-state index in [4.69, 9.17) is 9.52 Å². The van der Waals surface area contributed by atoms with Gasteiger partial charge in [-0.15, -0.1) is 0 Å². The Morgan fingerprint density at radius 1 is 1.10 bits per heavy atom. The minimum atomic E-state index is -4.05. The van der Waals surface area contributed by atoms with Gasteiger partial charge in [-0.05, 0) is 69.7 Å². The first-order valence-corrected chi connectivity index (χ1v) is 16.2. The number of nitrogens with zero attached hydrogens (tertiary/aromatic N) is 3. The van der Waals surface area contributed by atoms with Crippen LogP contribution in [-0.4, -0.2) is 40.9 Å². The van der Waals surface area contributed by atoms with Crippen molar-refractivity contribution >= 4 is 27.6 Å². The number of rotatable bonds is 10. The third-order valence-corrected chi connectivity index (χ3v) is 9.82. The molecule has 3 aromatic rings. The summed E-state index contributed by atoms with van der Waals surface area (Å²) in [7, 11) is -4.05. The van der Waals surface area contributed by atoms with E-state index in [9.17, 15) is 18.3 Å². The van der Waals surface area contributed by atoms with Crippen LogP contribution in [0.1, 0.15) is 88.2 Å². The van der Waals surface area contributed by atoms with Crippen LogP contribution >= 0.6 is 0 Å². The highest BCUT2D eigenvalue weighted by atomic mass is 32.2. The molecule has 224 valence electrons. The van der Waals surface area contributed by atoms with Crippen LogP contribution < -0.4 is 4.72 Å². The van der Waals surface area contributed by atoms with Gasteiger partial charge in [-0.1, -0.05) is 67.7 Å². The molecule has 1 aromatic heterocycles. The summed E-state index contributed by atoms with van der Waals surface area (Å²) in [5.41, 5.74) is 1.12. The fourth-order valence-corrected chi connectivity index (χ4v) is 7.21. The van der Waals surface area contributed by atoms with Crippen molar-refractivity contribution in [3.05, 3.63) is 64.9 Å². The zero-order chi connectivity index (χ0) is 30.3. The SMILES string of the molecule is CCCCC1=NC2(CCCC2)C(=O)N1Cc1ccc(-c2ccccc2S(=O)(=O)Nc2noc(C)c2C)c(C(C)(C)O)c1. The number of amides is 1.